The molecule has 0 radical (unpaired) electrons. The van der Waals surface area contributed by atoms with E-state index in [2.05, 4.69) is 15.9 Å². The molecule has 4 nitrogen and oxygen atoms in total. The van der Waals surface area contributed by atoms with Gasteiger partial charge in [-0.25, -0.2) is 0 Å². The van der Waals surface area contributed by atoms with E-state index in [0.29, 0.717) is 5.56 Å². The van der Waals surface area contributed by atoms with Crippen LogP contribution in [-0.4, -0.2) is 16.8 Å². The van der Waals surface area contributed by atoms with Crippen molar-refractivity contribution in [1.82, 2.24) is 0 Å². The van der Waals surface area contributed by atoms with E-state index in [1.807, 2.05) is 0 Å². The molecule has 15 heavy (non-hydrogen) atoms. The Labute approximate surface area is 94.7 Å². The number of aromatic carboxylic acids is 1. The van der Waals surface area contributed by atoms with Crippen LogP contribution in [0.3, 0.4) is 0 Å². The lowest BCUT2D eigenvalue weighted by Crippen LogP contribution is -2.33. The van der Waals surface area contributed by atoms with Crippen LogP contribution in [0.4, 0.5) is 0 Å². The van der Waals surface area contributed by atoms with Gasteiger partial charge in [0.05, 0.1) is 16.8 Å². The fraction of sp³-hybridized carbons (Fsp3) is 0.200. The van der Waals surface area contributed by atoms with Gasteiger partial charge in [0.25, 0.3) is 0 Å². The van der Waals surface area contributed by atoms with Gasteiger partial charge in [-0.15, -0.1) is 0 Å². The van der Waals surface area contributed by atoms with Crippen molar-refractivity contribution in [3.63, 3.8) is 0 Å². The molecule has 0 aliphatic heterocycles. The zero-order chi connectivity index (χ0) is 11.4. The number of carboxylic acid groups (broad SMARTS) is 2. The van der Waals surface area contributed by atoms with Gasteiger partial charge in [-0.2, -0.15) is 0 Å². The van der Waals surface area contributed by atoms with E-state index in [1.165, 1.54) is 6.07 Å². The Balaban J connectivity index is 2.94. The first kappa shape index (κ1) is 11.7. The maximum atomic E-state index is 10.7. The van der Waals surface area contributed by atoms with Gasteiger partial charge in [-0.3, -0.25) is 0 Å². The van der Waals surface area contributed by atoms with Crippen LogP contribution in [0.2, 0.25) is 0 Å². The minimum Gasteiger partial charge on any atom is -0.549 e. The highest BCUT2D eigenvalue weighted by molar-refractivity contribution is 9.10. The molecule has 1 atom stereocenters. The number of carboxylic acids is 2. The largest absolute Gasteiger partial charge is 0.549 e. The van der Waals surface area contributed by atoms with Gasteiger partial charge in [-0.05, 0) is 12.0 Å². The number of carbonyl (C=O) groups is 2. The predicted molar refractivity (Wildman–Crippen MR) is 52.2 cm³/mol. The number of halogens is 1. The average molecular weight is 271 g/mol. The smallest absolute Gasteiger partial charge is 0.0718 e. The lowest BCUT2D eigenvalue weighted by Gasteiger charge is -2.14. The molecule has 0 unspecified atom stereocenters. The number of hydrogen-bond donors (Lipinski definition) is 0. The SMILES string of the molecule is O=C([O-])c1ccccc1C[C@H](Br)C(=O)[O-]. The molecule has 0 heterocycles. The van der Waals surface area contributed by atoms with E-state index in [0.717, 1.165) is 0 Å². The number of hydrogen-bond acceptors (Lipinski definition) is 4. The highest BCUT2D eigenvalue weighted by atomic mass is 79.9. The Morgan fingerprint density at radius 2 is 1.87 bits per heavy atom. The molecule has 0 amide bonds. The summed E-state index contributed by atoms with van der Waals surface area (Å²) in [5.74, 6) is -2.59. The Morgan fingerprint density at radius 3 is 2.40 bits per heavy atom. The second-order valence-electron chi connectivity index (χ2n) is 2.94. The van der Waals surface area contributed by atoms with Crippen molar-refractivity contribution in [3.05, 3.63) is 35.4 Å². The van der Waals surface area contributed by atoms with Crippen LogP contribution in [0.1, 0.15) is 15.9 Å². The molecule has 0 fully saturated rings. The molecular weight excluding hydrogens is 264 g/mol. The minimum atomic E-state index is -1.32. The maximum Gasteiger partial charge on any atom is 0.0718 e. The third-order valence-electron chi connectivity index (χ3n) is 1.89. The van der Waals surface area contributed by atoms with E-state index in [1.54, 1.807) is 18.2 Å². The topological polar surface area (TPSA) is 80.3 Å². The van der Waals surface area contributed by atoms with Crippen LogP contribution in [0.5, 0.6) is 0 Å². The maximum absolute atomic E-state index is 10.7. The summed E-state index contributed by atoms with van der Waals surface area (Å²) in [4.78, 5) is 20.2. The number of benzene rings is 1. The molecule has 1 aromatic carbocycles. The van der Waals surface area contributed by atoms with E-state index < -0.39 is 16.8 Å². The fourth-order valence-electron chi connectivity index (χ4n) is 1.17. The second-order valence-corrected chi connectivity index (χ2v) is 4.04. The van der Waals surface area contributed by atoms with Crippen molar-refractivity contribution in [2.75, 3.05) is 0 Å². The molecule has 0 bridgehead atoms. The summed E-state index contributed by atoms with van der Waals surface area (Å²) in [6.45, 7) is 0. The van der Waals surface area contributed by atoms with Crippen molar-refractivity contribution in [3.8, 4) is 0 Å². The molecule has 5 heteroatoms. The van der Waals surface area contributed by atoms with Crippen molar-refractivity contribution < 1.29 is 19.8 Å². The predicted octanol–water partition coefficient (Wildman–Crippen LogP) is -0.894. The molecule has 0 saturated carbocycles. The zero-order valence-corrected chi connectivity index (χ0v) is 9.19. The van der Waals surface area contributed by atoms with Gasteiger partial charge in [0.15, 0.2) is 0 Å². The molecule has 0 aromatic heterocycles. The number of rotatable bonds is 4. The molecular formula is C10H7BrO4-2. The normalized spacial score (nSPS) is 12.1. The van der Waals surface area contributed by atoms with Gasteiger partial charge >= 0.3 is 0 Å². The third-order valence-corrected chi connectivity index (χ3v) is 2.59. The molecule has 80 valence electrons. The summed E-state index contributed by atoms with van der Waals surface area (Å²) in [5, 5.41) is 21.1. The number of carbonyl (C=O) groups excluding carboxylic acids is 2. The number of aliphatic carboxylic acids is 1. The van der Waals surface area contributed by atoms with E-state index in [-0.39, 0.29) is 12.0 Å². The standard InChI is InChI=1S/C10H9BrO4/c11-8(10(14)15)5-6-3-1-2-4-7(6)9(12)13/h1-4,8H,5H2,(H,12,13)(H,14,15)/p-2/t8-/m0/s1. The highest BCUT2D eigenvalue weighted by Crippen LogP contribution is 2.14. The molecule has 0 N–H and O–H groups in total. The lowest BCUT2D eigenvalue weighted by atomic mass is 10.0. The first-order chi connectivity index (χ1) is 7.02. The summed E-state index contributed by atoms with van der Waals surface area (Å²) in [6.07, 6.45) is 0.0481. The molecule has 0 saturated heterocycles. The molecule has 0 spiro atoms. The lowest BCUT2D eigenvalue weighted by molar-refractivity contribution is -0.304. The highest BCUT2D eigenvalue weighted by Gasteiger charge is 2.09. The van der Waals surface area contributed by atoms with E-state index >= 15 is 0 Å². The molecule has 1 aromatic rings. The Bertz CT molecular complexity index is 389. The van der Waals surface area contributed by atoms with Crippen LogP contribution < -0.4 is 10.2 Å². The van der Waals surface area contributed by atoms with Crippen LogP contribution in [-0.2, 0) is 11.2 Å². The van der Waals surface area contributed by atoms with Crippen LogP contribution >= 0.6 is 15.9 Å². The van der Waals surface area contributed by atoms with Gasteiger partial charge < -0.3 is 19.8 Å². The van der Waals surface area contributed by atoms with Crippen LogP contribution in [0.25, 0.3) is 0 Å². The third kappa shape index (κ3) is 3.06. The van der Waals surface area contributed by atoms with Gasteiger partial charge in [-0.1, -0.05) is 40.2 Å². The molecule has 1 rings (SSSR count). The fourth-order valence-corrected chi connectivity index (χ4v) is 1.52. The Kier molecular flexibility index (Phi) is 3.85. The summed E-state index contributed by atoms with van der Waals surface area (Å²) < 4.78 is 0. The van der Waals surface area contributed by atoms with Crippen LogP contribution in [0, 0.1) is 0 Å². The van der Waals surface area contributed by atoms with Gasteiger partial charge in [0.2, 0.25) is 0 Å². The van der Waals surface area contributed by atoms with Crippen molar-refractivity contribution in [1.29, 1.82) is 0 Å². The molecule has 0 aliphatic carbocycles. The van der Waals surface area contributed by atoms with Crippen LogP contribution in [0.15, 0.2) is 24.3 Å². The van der Waals surface area contributed by atoms with E-state index in [9.17, 15) is 19.8 Å². The van der Waals surface area contributed by atoms with E-state index in [4.69, 9.17) is 0 Å². The summed E-state index contributed by atoms with van der Waals surface area (Å²) in [5.41, 5.74) is 0.409. The van der Waals surface area contributed by atoms with Gasteiger partial charge in [0, 0.05) is 5.56 Å². The van der Waals surface area contributed by atoms with Crippen molar-refractivity contribution >= 4 is 27.9 Å². The Morgan fingerprint density at radius 1 is 1.27 bits per heavy atom. The summed E-state index contributed by atoms with van der Waals surface area (Å²) in [6, 6.07) is 6.11. The summed E-state index contributed by atoms with van der Waals surface area (Å²) in [7, 11) is 0. The summed E-state index contributed by atoms with van der Waals surface area (Å²) >= 11 is 2.89. The molecule has 0 aliphatic rings. The first-order valence-electron chi connectivity index (χ1n) is 4.16. The second kappa shape index (κ2) is 4.93. The van der Waals surface area contributed by atoms with Crippen molar-refractivity contribution in [2.45, 2.75) is 11.2 Å². The number of alkyl halides is 1. The quantitative estimate of drug-likeness (QED) is 0.665. The average Bonchev–Trinajstić information content (AvgIpc) is 2.18. The Hall–Kier alpha value is -1.36. The monoisotopic (exact) mass is 270 g/mol. The first-order valence-corrected chi connectivity index (χ1v) is 5.08. The zero-order valence-electron chi connectivity index (χ0n) is 7.60. The minimum absolute atomic E-state index is 0.00296. The van der Waals surface area contributed by atoms with Gasteiger partial charge in [0.1, 0.15) is 0 Å². The van der Waals surface area contributed by atoms with Crippen molar-refractivity contribution in [2.24, 2.45) is 0 Å².